The molecule has 0 N–H and O–H groups in total. The molecule has 0 aliphatic rings. The summed E-state index contributed by atoms with van der Waals surface area (Å²) in [7, 11) is 0. The van der Waals surface area contributed by atoms with Crippen molar-refractivity contribution in [2.45, 2.75) is 0 Å². The molecule has 0 atom stereocenters. The van der Waals surface area contributed by atoms with Gasteiger partial charge >= 0.3 is 20.6 Å². The van der Waals surface area contributed by atoms with Gasteiger partial charge in [0.15, 0.2) is 0 Å². The van der Waals surface area contributed by atoms with Crippen molar-refractivity contribution in [3.63, 3.8) is 0 Å². The molecule has 0 fully saturated rings. The van der Waals surface area contributed by atoms with E-state index in [-0.39, 0.29) is 17.1 Å². The second-order valence-electron chi connectivity index (χ2n) is 0.291. The third-order valence-electron chi connectivity index (χ3n) is 0.0583. The molecule has 0 aliphatic carbocycles. The minimum absolute atomic E-state index is 0. The topological polar surface area (TPSA) is 17.1 Å². The standard InChI is InChI=1S/Cl2IOP.Fe/c1-5(2)3-4;/p+1. The maximum Gasteiger partial charge on any atom is 0.374 e. The third kappa shape index (κ3) is 9.41. The second kappa shape index (κ2) is 7.06. The third-order valence-corrected chi connectivity index (χ3v) is 3.52. The van der Waals surface area contributed by atoms with E-state index in [1.165, 1.54) is 0 Å². The first kappa shape index (κ1) is 10.9. The summed E-state index contributed by atoms with van der Waals surface area (Å²) in [6.07, 6.45) is 0. The first-order chi connectivity index (χ1) is 2.27. The molecule has 0 unspecified atom stereocenters. The van der Waals surface area contributed by atoms with Gasteiger partial charge in [-0.05, 0) is 0 Å². The van der Waals surface area contributed by atoms with Crippen LogP contribution >= 0.6 is 47.4 Å². The van der Waals surface area contributed by atoms with Gasteiger partial charge in [-0.15, -0.1) is 0 Å². The van der Waals surface area contributed by atoms with Crippen molar-refractivity contribution in [1.82, 2.24) is 0 Å². The van der Waals surface area contributed by atoms with Crippen molar-refractivity contribution in [2.24, 2.45) is 0 Å². The van der Waals surface area contributed by atoms with Crippen molar-refractivity contribution in [1.29, 1.82) is 0 Å². The smallest absolute Gasteiger partial charge is 0.221 e. The minimum Gasteiger partial charge on any atom is -0.221 e. The Bertz CT molecular complexity index is 40.5. The molecule has 0 radical (unpaired) electrons. The van der Waals surface area contributed by atoms with Crippen molar-refractivity contribution < 1.29 is 20.1 Å². The average Bonchev–Trinajstić information content (AvgIpc) is 1.38. The van der Waals surface area contributed by atoms with Crippen LogP contribution in [0.1, 0.15) is 0 Å². The van der Waals surface area contributed by atoms with Gasteiger partial charge in [0.25, 0.3) is 4.27 Å². The summed E-state index contributed by atoms with van der Waals surface area (Å²) in [6, 6.07) is 0. The van der Waals surface area contributed by atoms with Crippen molar-refractivity contribution in [3.8, 4) is 0 Å². The summed E-state index contributed by atoms with van der Waals surface area (Å²) in [5, 5.41) is 0. The average molecular weight is 302 g/mol. The molecule has 0 bridgehead atoms. The molecule has 0 saturated heterocycles. The molecular weight excluding hydrogens is 301 g/mol. The Kier molecular flexibility index (Phi) is 12.9. The fourth-order valence-electron chi connectivity index (χ4n) is 0. The molecule has 0 rings (SSSR count). The number of hydrogen-bond acceptors (Lipinski definition) is 1. The Morgan fingerprint density at radius 1 is 1.50 bits per heavy atom. The molecule has 0 spiro atoms. The first-order valence-electron chi connectivity index (χ1n) is 0.721. The van der Waals surface area contributed by atoms with Crippen LogP contribution in [0.5, 0.6) is 0 Å². The Labute approximate surface area is 66.9 Å². The van der Waals surface area contributed by atoms with Crippen LogP contribution in [0, 0.1) is 0 Å². The van der Waals surface area contributed by atoms with Gasteiger partial charge in [0, 0.05) is 17.1 Å². The number of halogens is 3. The zero-order chi connectivity index (χ0) is 4.28. The van der Waals surface area contributed by atoms with E-state index in [9.17, 15) is 3.07 Å². The van der Waals surface area contributed by atoms with Crippen LogP contribution < -0.4 is 0 Å². The van der Waals surface area contributed by atoms with E-state index in [0.717, 1.165) is 0 Å². The molecular formula is HCl2FeIOP+. The van der Waals surface area contributed by atoms with Gasteiger partial charge in [0.1, 0.15) is 22.5 Å². The predicted octanol–water partition coefficient (Wildman–Crippen LogP) is 2.74. The number of hydrogen-bond donors (Lipinski definition) is 0. The van der Waals surface area contributed by atoms with Gasteiger partial charge in [-0.3, -0.25) is 0 Å². The van der Waals surface area contributed by atoms with Gasteiger partial charge in [0.05, 0.1) is 0 Å². The van der Waals surface area contributed by atoms with E-state index in [2.05, 4.69) is 0 Å². The molecule has 1 nitrogen and oxygen atoms in total. The Morgan fingerprint density at radius 2 is 1.67 bits per heavy atom. The summed E-state index contributed by atoms with van der Waals surface area (Å²) in [4.78, 5) is 0. The van der Waals surface area contributed by atoms with Crippen LogP contribution in [0.3, 0.4) is 0 Å². The van der Waals surface area contributed by atoms with Crippen LogP contribution in [0.4, 0.5) is 0 Å². The second-order valence-corrected chi connectivity index (χ2v) is 12.1. The molecule has 0 saturated carbocycles. The van der Waals surface area contributed by atoms with Crippen LogP contribution in [-0.2, 0) is 20.1 Å². The molecule has 0 aromatic carbocycles. The van der Waals surface area contributed by atoms with E-state index in [1.54, 1.807) is 0 Å². The SMILES string of the molecule is O=I[PH+](Cl)Cl.[Fe]. The van der Waals surface area contributed by atoms with Gasteiger partial charge in [-0.1, -0.05) is 0 Å². The minimum atomic E-state index is -1.38. The summed E-state index contributed by atoms with van der Waals surface area (Å²) in [6.45, 7) is 0. The van der Waals surface area contributed by atoms with Gasteiger partial charge in [0.2, 0.25) is 0 Å². The monoisotopic (exact) mass is 301 g/mol. The largest absolute Gasteiger partial charge is 0.374 e. The fourth-order valence-corrected chi connectivity index (χ4v) is 0. The van der Waals surface area contributed by atoms with Crippen LogP contribution in [0.2, 0.25) is 0 Å². The summed E-state index contributed by atoms with van der Waals surface area (Å²) < 4.78 is 8.15. The molecule has 6 heavy (non-hydrogen) atoms. The molecule has 0 aliphatic heterocycles. The van der Waals surface area contributed by atoms with Crippen LogP contribution in [0.25, 0.3) is 0 Å². The zero-order valence-corrected chi connectivity index (χ0v) is 8.17. The normalized spacial score (nSPS) is 7.83. The van der Waals surface area contributed by atoms with E-state index in [1.807, 2.05) is 0 Å². The Morgan fingerprint density at radius 3 is 1.67 bits per heavy atom. The van der Waals surface area contributed by atoms with Gasteiger partial charge < -0.3 is 0 Å². The zero-order valence-electron chi connectivity index (χ0n) is 2.40. The van der Waals surface area contributed by atoms with Crippen molar-refractivity contribution in [2.75, 3.05) is 0 Å². The maximum absolute atomic E-state index is 9.52. The van der Waals surface area contributed by atoms with E-state index in [0.29, 0.717) is 0 Å². The first-order valence-corrected chi connectivity index (χ1v) is 8.24. The van der Waals surface area contributed by atoms with Crippen LogP contribution in [0.15, 0.2) is 0 Å². The quantitative estimate of drug-likeness (QED) is 0.413. The maximum atomic E-state index is 9.52. The summed E-state index contributed by atoms with van der Waals surface area (Å²) in [5.74, 6) is 0. The number of rotatable bonds is 1. The molecule has 0 heterocycles. The van der Waals surface area contributed by atoms with E-state index in [4.69, 9.17) is 22.5 Å². The molecule has 0 aromatic rings. The predicted molar refractivity (Wildman–Crippen MR) is 34.7 cm³/mol. The van der Waals surface area contributed by atoms with Crippen molar-refractivity contribution in [3.05, 3.63) is 0 Å². The van der Waals surface area contributed by atoms with Crippen molar-refractivity contribution >= 4 is 47.4 Å². The summed E-state index contributed by atoms with van der Waals surface area (Å²) >= 11 is 9.06. The molecule has 0 aromatic heterocycles. The Hall–Kier alpha value is 2.06. The van der Waals surface area contributed by atoms with Gasteiger partial charge in [-0.25, -0.2) is 3.07 Å². The van der Waals surface area contributed by atoms with E-state index >= 15 is 0 Å². The summed E-state index contributed by atoms with van der Waals surface area (Å²) in [5.41, 5.74) is 0. The van der Waals surface area contributed by atoms with Gasteiger partial charge in [-0.2, -0.15) is 0 Å². The fraction of sp³-hybridized carbons (Fsp3) is 0. The molecule has 0 amide bonds. The molecule has 6 heteroatoms. The molecule has 40 valence electrons. The van der Waals surface area contributed by atoms with Crippen LogP contribution in [-0.4, -0.2) is 0 Å². The Balaban J connectivity index is 0. The van der Waals surface area contributed by atoms with E-state index < -0.39 is 24.9 Å².